The number of methoxy groups -OCH3 is 1. The number of likely N-dealkylation sites (tertiary alicyclic amines) is 1. The number of halogens is 1. The molecule has 9 heteroatoms. The molecule has 3 aromatic heterocycles. The van der Waals surface area contributed by atoms with Gasteiger partial charge in [-0.1, -0.05) is 16.8 Å². The fourth-order valence-corrected chi connectivity index (χ4v) is 3.58. The van der Waals surface area contributed by atoms with Gasteiger partial charge < -0.3 is 19.1 Å². The van der Waals surface area contributed by atoms with Gasteiger partial charge in [0.25, 0.3) is 5.91 Å². The van der Waals surface area contributed by atoms with E-state index in [4.69, 9.17) is 20.9 Å². The molecule has 4 rings (SSSR count). The number of nitrogens with zero attached hydrogens (tertiary/aromatic N) is 4. The molecule has 3 aromatic rings. The molecule has 8 nitrogen and oxygen atoms in total. The van der Waals surface area contributed by atoms with Gasteiger partial charge in [-0.25, -0.2) is 4.98 Å². The molecule has 2 unspecified atom stereocenters. The summed E-state index contributed by atoms with van der Waals surface area (Å²) in [6.07, 6.45) is 4.96. The number of amides is 1. The molecular weight excluding hydrogens is 382 g/mol. The van der Waals surface area contributed by atoms with Crippen molar-refractivity contribution in [3.05, 3.63) is 47.1 Å². The van der Waals surface area contributed by atoms with Crippen molar-refractivity contribution >= 4 is 17.5 Å². The smallest absolute Gasteiger partial charge is 0.254 e. The first-order valence-electron chi connectivity index (χ1n) is 9.04. The van der Waals surface area contributed by atoms with Crippen molar-refractivity contribution in [1.29, 1.82) is 0 Å². The van der Waals surface area contributed by atoms with E-state index in [0.29, 0.717) is 40.4 Å². The second-order valence-electron chi connectivity index (χ2n) is 6.86. The van der Waals surface area contributed by atoms with E-state index in [2.05, 4.69) is 20.1 Å². The van der Waals surface area contributed by atoms with Crippen molar-refractivity contribution < 1.29 is 14.1 Å². The number of pyridine rings is 1. The first kappa shape index (κ1) is 18.5. The van der Waals surface area contributed by atoms with Gasteiger partial charge in [0.05, 0.1) is 23.7 Å². The number of nitrogens with one attached hydrogen (secondary N) is 1. The van der Waals surface area contributed by atoms with Crippen LogP contribution in [-0.4, -0.2) is 50.6 Å². The average molecular weight is 402 g/mol. The maximum absolute atomic E-state index is 13.0. The van der Waals surface area contributed by atoms with Crippen LogP contribution in [0.25, 0.3) is 11.5 Å². The summed E-state index contributed by atoms with van der Waals surface area (Å²) in [4.78, 5) is 26.5. The fourth-order valence-electron chi connectivity index (χ4n) is 3.42. The Morgan fingerprint density at radius 1 is 1.39 bits per heavy atom. The van der Waals surface area contributed by atoms with Gasteiger partial charge in [0.1, 0.15) is 0 Å². The van der Waals surface area contributed by atoms with Gasteiger partial charge in [0.2, 0.25) is 17.6 Å². The Balaban J connectivity index is 1.53. The highest BCUT2D eigenvalue weighted by Crippen LogP contribution is 2.31. The van der Waals surface area contributed by atoms with Crippen LogP contribution in [0.15, 0.2) is 35.1 Å². The summed E-state index contributed by atoms with van der Waals surface area (Å²) in [5.74, 6) is 1.32. The molecule has 1 N–H and O–H groups in total. The van der Waals surface area contributed by atoms with E-state index in [-0.39, 0.29) is 17.9 Å². The Labute approximate surface area is 166 Å². The topological polar surface area (TPSA) is 97.1 Å². The van der Waals surface area contributed by atoms with Crippen molar-refractivity contribution in [3.8, 4) is 17.4 Å². The quantitative estimate of drug-likeness (QED) is 0.718. The minimum atomic E-state index is -0.0613. The highest BCUT2D eigenvalue weighted by Gasteiger charge is 2.33. The van der Waals surface area contributed by atoms with Crippen molar-refractivity contribution in [1.82, 2.24) is 25.0 Å². The SMILES string of the molecule is COc1cc(C(=O)N2CC(c3nc(-c4cc(Cl)c[nH]4)no3)CCC2C)ccn1. The normalized spacial score (nSPS) is 19.6. The largest absolute Gasteiger partial charge is 0.481 e. The molecule has 146 valence electrons. The number of H-pyrrole nitrogens is 1. The first-order valence-corrected chi connectivity index (χ1v) is 9.42. The molecule has 1 aliphatic rings. The van der Waals surface area contributed by atoms with Crippen molar-refractivity contribution in [2.45, 2.75) is 31.7 Å². The minimum absolute atomic E-state index is 0.0180. The summed E-state index contributed by atoms with van der Waals surface area (Å²) >= 11 is 5.94. The molecule has 28 heavy (non-hydrogen) atoms. The number of carbonyl (C=O) groups is 1. The van der Waals surface area contributed by atoms with Crippen molar-refractivity contribution in [2.75, 3.05) is 13.7 Å². The molecule has 4 heterocycles. The maximum Gasteiger partial charge on any atom is 0.254 e. The van der Waals surface area contributed by atoms with Crippen LogP contribution in [0.3, 0.4) is 0 Å². The Morgan fingerprint density at radius 3 is 3.00 bits per heavy atom. The third-order valence-corrected chi connectivity index (χ3v) is 5.23. The van der Waals surface area contributed by atoms with Crippen LogP contribution in [0.5, 0.6) is 5.88 Å². The fraction of sp³-hybridized carbons (Fsp3) is 0.368. The van der Waals surface area contributed by atoms with Gasteiger partial charge in [-0.3, -0.25) is 4.79 Å². The first-order chi connectivity index (χ1) is 13.5. The van der Waals surface area contributed by atoms with Crippen LogP contribution in [-0.2, 0) is 0 Å². The molecule has 2 atom stereocenters. The number of rotatable bonds is 4. The average Bonchev–Trinajstić information content (AvgIpc) is 3.37. The molecule has 0 aromatic carbocycles. The number of aromatic nitrogens is 4. The number of piperidine rings is 1. The monoisotopic (exact) mass is 401 g/mol. The van der Waals surface area contributed by atoms with Crippen molar-refractivity contribution in [2.24, 2.45) is 0 Å². The minimum Gasteiger partial charge on any atom is -0.481 e. The Kier molecular flexibility index (Phi) is 5.04. The van der Waals surface area contributed by atoms with Gasteiger partial charge in [0, 0.05) is 36.6 Å². The lowest BCUT2D eigenvalue weighted by atomic mass is 9.92. The Morgan fingerprint density at radius 2 is 2.25 bits per heavy atom. The lowest BCUT2D eigenvalue weighted by Crippen LogP contribution is -2.45. The lowest BCUT2D eigenvalue weighted by molar-refractivity contribution is 0.0592. The molecule has 1 saturated heterocycles. The molecule has 0 aliphatic carbocycles. The van der Waals surface area contributed by atoms with Crippen molar-refractivity contribution in [3.63, 3.8) is 0 Å². The number of ether oxygens (including phenoxy) is 1. The number of hydrogen-bond acceptors (Lipinski definition) is 6. The second kappa shape index (κ2) is 7.63. The van der Waals surface area contributed by atoms with Gasteiger partial charge in [-0.05, 0) is 31.9 Å². The van der Waals surface area contributed by atoms with Crippen LogP contribution >= 0.6 is 11.6 Å². The zero-order chi connectivity index (χ0) is 19.7. The summed E-state index contributed by atoms with van der Waals surface area (Å²) < 4.78 is 10.6. The molecule has 1 aliphatic heterocycles. The third kappa shape index (κ3) is 3.60. The molecule has 1 fully saturated rings. The second-order valence-corrected chi connectivity index (χ2v) is 7.29. The molecular formula is C19H20ClN5O3. The lowest BCUT2D eigenvalue weighted by Gasteiger charge is -2.36. The third-order valence-electron chi connectivity index (χ3n) is 5.01. The van der Waals surface area contributed by atoms with Gasteiger partial charge in [0.15, 0.2) is 0 Å². The van der Waals surface area contributed by atoms with E-state index in [1.807, 2.05) is 11.8 Å². The van der Waals surface area contributed by atoms with E-state index >= 15 is 0 Å². The van der Waals surface area contributed by atoms with E-state index in [1.54, 1.807) is 30.6 Å². The highest BCUT2D eigenvalue weighted by molar-refractivity contribution is 6.30. The number of aromatic amines is 1. The van der Waals surface area contributed by atoms with Crippen LogP contribution in [0.1, 0.15) is 41.9 Å². The van der Waals surface area contributed by atoms with E-state index in [9.17, 15) is 4.79 Å². The van der Waals surface area contributed by atoms with Gasteiger partial charge >= 0.3 is 0 Å². The summed E-state index contributed by atoms with van der Waals surface area (Å²) in [7, 11) is 1.53. The van der Waals surface area contributed by atoms with Crippen LogP contribution in [0, 0.1) is 0 Å². The van der Waals surface area contributed by atoms with Crippen LogP contribution < -0.4 is 4.74 Å². The maximum atomic E-state index is 13.0. The predicted octanol–water partition coefficient (Wildman–Crippen LogP) is 3.53. The van der Waals surface area contributed by atoms with Crippen LogP contribution in [0.2, 0.25) is 5.02 Å². The summed E-state index contributed by atoms with van der Waals surface area (Å²) in [6, 6.07) is 5.21. The molecule has 0 spiro atoms. The van der Waals surface area contributed by atoms with E-state index < -0.39 is 0 Å². The molecule has 0 saturated carbocycles. The number of carbonyl (C=O) groups excluding carboxylic acids is 1. The van der Waals surface area contributed by atoms with Crippen LogP contribution in [0.4, 0.5) is 0 Å². The van der Waals surface area contributed by atoms with E-state index in [1.165, 1.54) is 7.11 Å². The summed E-state index contributed by atoms with van der Waals surface area (Å²) in [6.45, 7) is 2.56. The summed E-state index contributed by atoms with van der Waals surface area (Å²) in [5, 5.41) is 4.62. The van der Waals surface area contributed by atoms with Gasteiger partial charge in [-0.2, -0.15) is 4.98 Å². The Bertz CT molecular complexity index is 985. The Hall–Kier alpha value is -2.87. The standard InChI is InChI=1S/C19H20ClN5O3/c1-11-3-4-13(18-23-17(24-28-18)15-8-14(20)9-22-15)10-25(11)19(26)12-5-6-21-16(7-12)27-2/h5-9,11,13,22H,3-4,10H2,1-2H3. The zero-order valence-corrected chi connectivity index (χ0v) is 16.3. The molecule has 1 amide bonds. The van der Waals surface area contributed by atoms with Gasteiger partial charge in [-0.15, -0.1) is 0 Å². The zero-order valence-electron chi connectivity index (χ0n) is 15.6. The molecule has 0 bridgehead atoms. The van der Waals surface area contributed by atoms with E-state index in [0.717, 1.165) is 12.8 Å². The number of hydrogen-bond donors (Lipinski definition) is 1. The predicted molar refractivity (Wildman–Crippen MR) is 102 cm³/mol. The summed E-state index contributed by atoms with van der Waals surface area (Å²) in [5.41, 5.74) is 1.24. The molecule has 0 radical (unpaired) electrons. The highest BCUT2D eigenvalue weighted by atomic mass is 35.5.